The van der Waals surface area contributed by atoms with Crippen molar-refractivity contribution >= 4 is 14.7 Å². The third-order valence-corrected chi connectivity index (χ3v) is 5.01. The van der Waals surface area contributed by atoms with Crippen molar-refractivity contribution in [1.29, 1.82) is 0 Å². The van der Waals surface area contributed by atoms with Crippen molar-refractivity contribution in [2.24, 2.45) is 5.92 Å². The van der Waals surface area contributed by atoms with Crippen LogP contribution in [0.25, 0.3) is 0 Å². The molecule has 2 nitrogen and oxygen atoms in total. The number of aromatic nitrogens is 2. The van der Waals surface area contributed by atoms with Gasteiger partial charge >= 0.3 is 84.4 Å². The Hall–Kier alpha value is -0.141. The van der Waals surface area contributed by atoms with Gasteiger partial charge < -0.3 is 0 Å². The first-order chi connectivity index (χ1) is 6.45. The summed E-state index contributed by atoms with van der Waals surface area (Å²) in [5.41, 5.74) is 1.42. The van der Waals surface area contributed by atoms with Crippen LogP contribution < -0.4 is 0 Å². The minimum absolute atomic E-state index is 0.382. The van der Waals surface area contributed by atoms with Gasteiger partial charge in [0.15, 0.2) is 0 Å². The fraction of sp³-hybridized carbons (Fsp3) is 0.800. The SMILES string of the molecule is C1CCc2[se]nnc2[C@H]2C[C@@H]2CC1. The summed E-state index contributed by atoms with van der Waals surface area (Å²) in [5.74, 6) is 1.82. The second-order valence-electron chi connectivity index (χ2n) is 4.28. The van der Waals surface area contributed by atoms with Crippen LogP contribution in [0, 0.1) is 5.92 Å². The molecule has 0 spiro atoms. The van der Waals surface area contributed by atoms with E-state index >= 15 is 0 Å². The van der Waals surface area contributed by atoms with E-state index in [4.69, 9.17) is 0 Å². The summed E-state index contributed by atoms with van der Waals surface area (Å²) in [4.78, 5) is 0. The van der Waals surface area contributed by atoms with Gasteiger partial charge in [-0.1, -0.05) is 0 Å². The number of hydrogen-bond donors (Lipinski definition) is 0. The fourth-order valence-electron chi connectivity index (χ4n) is 2.44. The number of hydrogen-bond acceptors (Lipinski definition) is 2. The van der Waals surface area contributed by atoms with Crippen LogP contribution in [0.4, 0.5) is 0 Å². The third kappa shape index (κ3) is 1.49. The van der Waals surface area contributed by atoms with Crippen LogP contribution in [-0.4, -0.2) is 23.9 Å². The summed E-state index contributed by atoms with van der Waals surface area (Å²) in [6.07, 6.45) is 8.41. The number of nitrogens with zero attached hydrogens (tertiary/aromatic N) is 2. The van der Waals surface area contributed by atoms with Crippen molar-refractivity contribution < 1.29 is 0 Å². The van der Waals surface area contributed by atoms with Crippen LogP contribution in [-0.2, 0) is 6.42 Å². The quantitative estimate of drug-likeness (QED) is 0.647. The second kappa shape index (κ2) is 3.21. The van der Waals surface area contributed by atoms with Gasteiger partial charge in [0.2, 0.25) is 0 Å². The first-order valence-corrected chi connectivity index (χ1v) is 6.88. The zero-order valence-electron chi connectivity index (χ0n) is 7.70. The van der Waals surface area contributed by atoms with Gasteiger partial charge in [-0.15, -0.1) is 0 Å². The van der Waals surface area contributed by atoms with Crippen molar-refractivity contribution in [2.75, 3.05) is 0 Å². The maximum atomic E-state index is 4.36. The van der Waals surface area contributed by atoms with Crippen LogP contribution in [0.1, 0.15) is 48.2 Å². The molecule has 2 aliphatic carbocycles. The topological polar surface area (TPSA) is 25.8 Å². The first-order valence-electron chi connectivity index (χ1n) is 5.26. The Morgan fingerprint density at radius 3 is 3.23 bits per heavy atom. The molecule has 0 bridgehead atoms. The van der Waals surface area contributed by atoms with Crippen LogP contribution in [0.5, 0.6) is 0 Å². The number of rotatable bonds is 0. The Labute approximate surface area is 84.7 Å². The summed E-state index contributed by atoms with van der Waals surface area (Å²) in [6, 6.07) is 0. The Morgan fingerprint density at radius 1 is 1.23 bits per heavy atom. The predicted octanol–water partition coefficient (Wildman–Crippen LogP) is 1.75. The van der Waals surface area contributed by atoms with E-state index in [1.165, 1.54) is 44.2 Å². The van der Waals surface area contributed by atoms with Gasteiger partial charge in [0.25, 0.3) is 0 Å². The molecular formula is C10H14N2Se. The zero-order chi connectivity index (χ0) is 8.67. The van der Waals surface area contributed by atoms with Gasteiger partial charge in [0, 0.05) is 0 Å². The van der Waals surface area contributed by atoms with Gasteiger partial charge in [0.05, 0.1) is 0 Å². The van der Waals surface area contributed by atoms with E-state index in [9.17, 15) is 0 Å². The molecule has 0 N–H and O–H groups in total. The van der Waals surface area contributed by atoms with E-state index in [1.807, 2.05) is 0 Å². The number of aryl methyl sites for hydroxylation is 1. The fourth-order valence-corrected chi connectivity index (χ4v) is 4.01. The molecule has 13 heavy (non-hydrogen) atoms. The molecule has 0 aliphatic heterocycles. The van der Waals surface area contributed by atoms with Crippen molar-refractivity contribution in [3.8, 4) is 0 Å². The van der Waals surface area contributed by atoms with E-state index in [0.29, 0.717) is 14.7 Å². The molecule has 0 saturated heterocycles. The van der Waals surface area contributed by atoms with Crippen molar-refractivity contribution in [3.05, 3.63) is 10.1 Å². The molecule has 70 valence electrons. The maximum absolute atomic E-state index is 4.36. The van der Waals surface area contributed by atoms with Gasteiger partial charge in [-0.3, -0.25) is 0 Å². The average Bonchev–Trinajstić information content (AvgIpc) is 2.74. The Kier molecular flexibility index (Phi) is 2.03. The molecule has 1 heterocycles. The Bertz CT molecular complexity index is 308. The molecule has 2 aliphatic rings. The van der Waals surface area contributed by atoms with E-state index in [1.54, 1.807) is 4.44 Å². The molecule has 1 aromatic rings. The molecule has 0 radical (unpaired) electrons. The molecule has 1 aromatic heterocycles. The standard InChI is InChI=1S/C10H14N2Se/c1-2-4-7-6-8(7)10-9(5-3-1)13-12-11-10/h7-8H,1-6H2/t7-,8-/m0/s1. The van der Waals surface area contributed by atoms with Crippen molar-refractivity contribution in [1.82, 2.24) is 9.19 Å². The zero-order valence-corrected chi connectivity index (χ0v) is 9.41. The molecule has 1 saturated carbocycles. The van der Waals surface area contributed by atoms with E-state index in [2.05, 4.69) is 9.19 Å². The van der Waals surface area contributed by atoms with Crippen LogP contribution >= 0.6 is 0 Å². The Balaban J connectivity index is 1.90. The number of fused-ring (bicyclic) bond motifs is 3. The summed E-state index contributed by atoms with van der Waals surface area (Å²) in [7, 11) is 0. The molecule has 1 fully saturated rings. The molecule has 3 heteroatoms. The molecule has 2 atom stereocenters. The van der Waals surface area contributed by atoms with E-state index in [-0.39, 0.29) is 0 Å². The molecule has 0 unspecified atom stereocenters. The Morgan fingerprint density at radius 2 is 2.23 bits per heavy atom. The van der Waals surface area contributed by atoms with Gasteiger partial charge in [-0.2, -0.15) is 0 Å². The first kappa shape index (κ1) is 8.19. The van der Waals surface area contributed by atoms with E-state index < -0.39 is 0 Å². The summed E-state index contributed by atoms with van der Waals surface area (Å²) in [5, 5.41) is 4.36. The van der Waals surface area contributed by atoms with Crippen LogP contribution in [0.15, 0.2) is 0 Å². The van der Waals surface area contributed by atoms with Crippen molar-refractivity contribution in [3.63, 3.8) is 0 Å². The molecule has 0 aromatic carbocycles. The normalized spacial score (nSPS) is 32.3. The monoisotopic (exact) mass is 242 g/mol. The molecule has 0 amide bonds. The third-order valence-electron chi connectivity index (χ3n) is 3.34. The predicted molar refractivity (Wildman–Crippen MR) is 52.0 cm³/mol. The van der Waals surface area contributed by atoms with E-state index in [0.717, 1.165) is 11.8 Å². The van der Waals surface area contributed by atoms with Gasteiger partial charge in [-0.25, -0.2) is 0 Å². The minimum atomic E-state index is 0.382. The van der Waals surface area contributed by atoms with Crippen LogP contribution in [0.2, 0.25) is 0 Å². The second-order valence-corrected chi connectivity index (χ2v) is 6.04. The van der Waals surface area contributed by atoms with Crippen molar-refractivity contribution in [2.45, 2.75) is 44.4 Å². The summed E-state index contributed by atoms with van der Waals surface area (Å²) < 4.78 is 5.86. The van der Waals surface area contributed by atoms with Crippen LogP contribution in [0.3, 0.4) is 0 Å². The summed E-state index contributed by atoms with van der Waals surface area (Å²) in [6.45, 7) is 0. The van der Waals surface area contributed by atoms with Gasteiger partial charge in [-0.05, 0) is 0 Å². The summed E-state index contributed by atoms with van der Waals surface area (Å²) >= 11 is 0.382. The molecule has 3 rings (SSSR count). The molecular weight excluding hydrogens is 227 g/mol. The average molecular weight is 241 g/mol. The van der Waals surface area contributed by atoms with Gasteiger partial charge in [0.1, 0.15) is 0 Å².